The van der Waals surface area contributed by atoms with Crippen molar-refractivity contribution in [1.82, 2.24) is 0 Å². The number of fused-ring (bicyclic) bond motifs is 1. The lowest BCUT2D eigenvalue weighted by atomic mass is 9.85. The Kier molecular flexibility index (Phi) is 3.29. The van der Waals surface area contributed by atoms with E-state index in [4.69, 9.17) is 5.73 Å². The van der Waals surface area contributed by atoms with Gasteiger partial charge in [-0.25, -0.2) is 0 Å². The van der Waals surface area contributed by atoms with Gasteiger partial charge in [0.15, 0.2) is 0 Å². The molecule has 0 radical (unpaired) electrons. The molecule has 1 aromatic carbocycles. The normalized spacial score (nSPS) is 20.7. The lowest BCUT2D eigenvalue weighted by Gasteiger charge is -2.31. The van der Waals surface area contributed by atoms with E-state index in [0.29, 0.717) is 5.92 Å². The number of benzene rings is 1. The Morgan fingerprint density at radius 2 is 2.22 bits per heavy atom. The summed E-state index contributed by atoms with van der Waals surface area (Å²) in [4.78, 5) is 2.59. The summed E-state index contributed by atoms with van der Waals surface area (Å²) in [5.74, 6) is 1.44. The minimum absolute atomic E-state index is 0.482. The average Bonchev–Trinajstić information content (AvgIpc) is 2.75. The molecule has 2 heteroatoms. The van der Waals surface area contributed by atoms with E-state index in [9.17, 15) is 0 Å². The van der Waals surface area contributed by atoms with Crippen LogP contribution < -0.4 is 10.6 Å². The van der Waals surface area contributed by atoms with Crippen LogP contribution in [0.3, 0.4) is 0 Å². The van der Waals surface area contributed by atoms with Gasteiger partial charge in [0.05, 0.1) is 0 Å². The number of hydrogen-bond donors (Lipinski definition) is 1. The second kappa shape index (κ2) is 4.93. The van der Waals surface area contributed by atoms with Crippen molar-refractivity contribution in [3.8, 4) is 0 Å². The van der Waals surface area contributed by atoms with Crippen LogP contribution >= 0.6 is 0 Å². The number of rotatable bonds is 4. The van der Waals surface area contributed by atoms with Crippen LogP contribution in [0.5, 0.6) is 0 Å². The third-order valence-electron chi connectivity index (χ3n) is 4.72. The Labute approximate surface area is 110 Å². The van der Waals surface area contributed by atoms with Gasteiger partial charge < -0.3 is 10.6 Å². The van der Waals surface area contributed by atoms with Gasteiger partial charge in [-0.1, -0.05) is 25.5 Å². The van der Waals surface area contributed by atoms with Crippen molar-refractivity contribution in [3.63, 3.8) is 0 Å². The SMILES string of the molecule is CC(CN)c1ccc2c(c1)CCN2CC1CCC1. The standard InChI is InChI=1S/C16H24N2/c1-12(10-17)14-5-6-16-15(9-14)7-8-18(16)11-13-3-2-4-13/h5-6,9,12-13H,2-4,7-8,10-11,17H2,1H3. The summed E-state index contributed by atoms with van der Waals surface area (Å²) in [6.45, 7) is 5.44. The van der Waals surface area contributed by atoms with E-state index >= 15 is 0 Å². The molecule has 0 spiro atoms. The maximum atomic E-state index is 5.76. The van der Waals surface area contributed by atoms with Gasteiger partial charge in [0.25, 0.3) is 0 Å². The fourth-order valence-corrected chi connectivity index (χ4v) is 3.11. The summed E-state index contributed by atoms with van der Waals surface area (Å²) < 4.78 is 0. The summed E-state index contributed by atoms with van der Waals surface area (Å²) >= 11 is 0. The molecule has 1 saturated carbocycles. The summed E-state index contributed by atoms with van der Waals surface area (Å²) in [5.41, 5.74) is 10.2. The van der Waals surface area contributed by atoms with Crippen molar-refractivity contribution in [2.45, 2.75) is 38.5 Å². The second-order valence-corrected chi connectivity index (χ2v) is 6.02. The zero-order valence-corrected chi connectivity index (χ0v) is 11.4. The number of nitrogens with zero attached hydrogens (tertiary/aromatic N) is 1. The van der Waals surface area contributed by atoms with Crippen molar-refractivity contribution in [1.29, 1.82) is 0 Å². The second-order valence-electron chi connectivity index (χ2n) is 6.02. The fraction of sp³-hybridized carbons (Fsp3) is 0.625. The molecule has 3 rings (SSSR count). The maximum Gasteiger partial charge on any atom is 0.0399 e. The molecule has 18 heavy (non-hydrogen) atoms. The molecule has 0 amide bonds. The molecular formula is C16H24N2. The van der Waals surface area contributed by atoms with Gasteiger partial charge in [0, 0.05) is 18.8 Å². The molecule has 2 N–H and O–H groups in total. The van der Waals surface area contributed by atoms with E-state index in [1.54, 1.807) is 0 Å². The van der Waals surface area contributed by atoms with Gasteiger partial charge >= 0.3 is 0 Å². The van der Waals surface area contributed by atoms with Crippen LogP contribution in [-0.4, -0.2) is 19.6 Å². The summed E-state index contributed by atoms with van der Waals surface area (Å²) in [6, 6.07) is 6.98. The number of hydrogen-bond acceptors (Lipinski definition) is 2. The molecule has 0 aromatic heterocycles. The third-order valence-corrected chi connectivity index (χ3v) is 4.72. The van der Waals surface area contributed by atoms with Crippen LogP contribution in [0.4, 0.5) is 5.69 Å². The van der Waals surface area contributed by atoms with Crippen molar-refractivity contribution in [2.24, 2.45) is 11.7 Å². The number of anilines is 1. The zero-order valence-electron chi connectivity index (χ0n) is 11.4. The Hall–Kier alpha value is -1.02. The van der Waals surface area contributed by atoms with Crippen molar-refractivity contribution in [2.75, 3.05) is 24.5 Å². The molecule has 2 aliphatic rings. The lowest BCUT2D eigenvalue weighted by molar-refractivity contribution is 0.319. The summed E-state index contributed by atoms with van der Waals surface area (Å²) in [7, 11) is 0. The molecule has 1 heterocycles. The van der Waals surface area contributed by atoms with Gasteiger partial charge in [0.2, 0.25) is 0 Å². The van der Waals surface area contributed by atoms with E-state index in [1.807, 2.05) is 0 Å². The maximum absolute atomic E-state index is 5.76. The lowest BCUT2D eigenvalue weighted by Crippen LogP contribution is -2.31. The topological polar surface area (TPSA) is 29.3 Å². The van der Waals surface area contributed by atoms with Gasteiger partial charge in [-0.05, 0) is 54.8 Å². The Bertz CT molecular complexity index is 423. The van der Waals surface area contributed by atoms with Crippen LogP contribution in [0.25, 0.3) is 0 Å². The van der Waals surface area contributed by atoms with Crippen molar-refractivity contribution < 1.29 is 0 Å². The highest BCUT2D eigenvalue weighted by molar-refractivity contribution is 5.59. The smallest absolute Gasteiger partial charge is 0.0399 e. The molecule has 1 aromatic rings. The molecule has 0 bridgehead atoms. The average molecular weight is 244 g/mol. The van der Waals surface area contributed by atoms with Crippen LogP contribution in [0.2, 0.25) is 0 Å². The molecular weight excluding hydrogens is 220 g/mol. The van der Waals surface area contributed by atoms with Crippen molar-refractivity contribution in [3.05, 3.63) is 29.3 Å². The fourth-order valence-electron chi connectivity index (χ4n) is 3.11. The largest absolute Gasteiger partial charge is 0.371 e. The minimum atomic E-state index is 0.482. The molecule has 98 valence electrons. The first-order valence-corrected chi connectivity index (χ1v) is 7.35. The molecule has 1 aliphatic carbocycles. The Morgan fingerprint density at radius 1 is 1.39 bits per heavy atom. The number of nitrogens with two attached hydrogens (primary N) is 1. The predicted octanol–water partition coefficient (Wildman–Crippen LogP) is 2.91. The predicted molar refractivity (Wildman–Crippen MR) is 77.2 cm³/mol. The van der Waals surface area contributed by atoms with E-state index in [1.165, 1.54) is 55.6 Å². The highest BCUT2D eigenvalue weighted by Gasteiger charge is 2.25. The van der Waals surface area contributed by atoms with E-state index in [2.05, 4.69) is 30.0 Å². The van der Waals surface area contributed by atoms with E-state index in [-0.39, 0.29) is 0 Å². The van der Waals surface area contributed by atoms with Gasteiger partial charge in [-0.15, -0.1) is 0 Å². The third kappa shape index (κ3) is 2.14. The first-order valence-electron chi connectivity index (χ1n) is 7.35. The van der Waals surface area contributed by atoms with Crippen LogP contribution in [-0.2, 0) is 6.42 Å². The van der Waals surface area contributed by atoms with Crippen LogP contribution in [0.15, 0.2) is 18.2 Å². The van der Waals surface area contributed by atoms with Gasteiger partial charge in [-0.2, -0.15) is 0 Å². The van der Waals surface area contributed by atoms with Crippen LogP contribution in [0.1, 0.15) is 43.2 Å². The van der Waals surface area contributed by atoms with E-state index in [0.717, 1.165) is 12.5 Å². The van der Waals surface area contributed by atoms with Gasteiger partial charge in [0.1, 0.15) is 0 Å². The minimum Gasteiger partial charge on any atom is -0.371 e. The molecule has 1 unspecified atom stereocenters. The van der Waals surface area contributed by atoms with Crippen molar-refractivity contribution >= 4 is 5.69 Å². The molecule has 1 atom stereocenters. The molecule has 0 saturated heterocycles. The molecule has 2 nitrogen and oxygen atoms in total. The first-order chi connectivity index (χ1) is 8.78. The Morgan fingerprint density at radius 3 is 2.89 bits per heavy atom. The molecule has 1 fully saturated rings. The first kappa shape index (κ1) is 12.0. The summed E-state index contributed by atoms with van der Waals surface area (Å²) in [5, 5.41) is 0. The Balaban J connectivity index is 1.75. The summed E-state index contributed by atoms with van der Waals surface area (Å²) in [6.07, 6.45) is 5.54. The van der Waals surface area contributed by atoms with Gasteiger partial charge in [-0.3, -0.25) is 0 Å². The van der Waals surface area contributed by atoms with Crippen LogP contribution in [0, 0.1) is 5.92 Å². The monoisotopic (exact) mass is 244 g/mol. The molecule has 1 aliphatic heterocycles. The quantitative estimate of drug-likeness (QED) is 0.882. The van der Waals surface area contributed by atoms with E-state index < -0.39 is 0 Å². The highest BCUT2D eigenvalue weighted by atomic mass is 15.1. The highest BCUT2D eigenvalue weighted by Crippen LogP contribution is 2.34. The zero-order chi connectivity index (χ0) is 12.5.